The Hall–Kier alpha value is -3.24. The zero-order valence-electron chi connectivity index (χ0n) is 20.4. The monoisotopic (exact) mass is 570 g/mol. The molecular weight excluding hydrogens is 547 g/mol. The average Bonchev–Trinajstić information content (AvgIpc) is 3.42. The first-order valence-corrected chi connectivity index (χ1v) is 14.3. The van der Waals surface area contributed by atoms with Crippen molar-refractivity contribution in [3.8, 4) is 11.1 Å². The number of halogens is 2. The highest BCUT2D eigenvalue weighted by atomic mass is 35.5. The van der Waals surface area contributed by atoms with Crippen molar-refractivity contribution >= 4 is 50.6 Å². The second-order valence-electron chi connectivity index (χ2n) is 9.29. The van der Waals surface area contributed by atoms with Crippen LogP contribution in [0.25, 0.3) is 11.1 Å². The van der Waals surface area contributed by atoms with E-state index in [-0.39, 0.29) is 42.1 Å². The molecule has 0 fully saturated rings. The Balaban J connectivity index is 1.60. The maximum absolute atomic E-state index is 14.1. The molecule has 3 heterocycles. The van der Waals surface area contributed by atoms with Crippen LogP contribution in [0.15, 0.2) is 78.2 Å². The van der Waals surface area contributed by atoms with Crippen molar-refractivity contribution in [2.45, 2.75) is 30.3 Å². The number of sulfone groups is 1. The number of hydrogen-bond donors (Lipinski definition) is 1. The van der Waals surface area contributed by atoms with Gasteiger partial charge in [-0.1, -0.05) is 53.5 Å². The number of rotatable bonds is 8. The number of pyridine rings is 1. The third kappa shape index (κ3) is 4.71. The summed E-state index contributed by atoms with van der Waals surface area (Å²) in [5.74, 6) is -0.485. The Morgan fingerprint density at radius 3 is 2.34 bits per heavy atom. The van der Waals surface area contributed by atoms with E-state index in [1.807, 2.05) is 36.4 Å². The zero-order chi connectivity index (χ0) is 27.1. The molecule has 0 aliphatic carbocycles. The molecule has 0 saturated heterocycles. The molecule has 1 amide bonds. The van der Waals surface area contributed by atoms with Crippen LogP contribution in [0, 0.1) is 0 Å². The Morgan fingerprint density at radius 2 is 1.71 bits per heavy atom. The van der Waals surface area contributed by atoms with Crippen molar-refractivity contribution in [1.29, 1.82) is 0 Å². The van der Waals surface area contributed by atoms with Gasteiger partial charge in [0.15, 0.2) is 14.9 Å². The summed E-state index contributed by atoms with van der Waals surface area (Å²) < 4.78 is 28.0. The summed E-state index contributed by atoms with van der Waals surface area (Å²) >= 11 is 12.5. The van der Waals surface area contributed by atoms with Crippen LogP contribution in [0.4, 0.5) is 11.6 Å². The van der Waals surface area contributed by atoms with E-state index in [1.54, 1.807) is 37.5 Å². The Kier molecular flexibility index (Phi) is 7.04. The van der Waals surface area contributed by atoms with E-state index < -0.39 is 15.4 Å². The lowest BCUT2D eigenvalue weighted by molar-refractivity contribution is -0.124. The topological polar surface area (TPSA) is 105 Å². The lowest BCUT2D eigenvalue weighted by Crippen LogP contribution is -2.42. The number of carbonyl (C=O) groups is 1. The fraction of sp³-hybridized carbons (Fsp3) is 0.222. The highest BCUT2D eigenvalue weighted by Gasteiger charge is 2.51. The number of carbonyl (C=O) groups excluding carboxylic acids is 1. The van der Waals surface area contributed by atoms with Gasteiger partial charge in [0.1, 0.15) is 5.54 Å². The van der Waals surface area contributed by atoms with E-state index in [0.29, 0.717) is 15.7 Å². The zero-order valence-corrected chi connectivity index (χ0v) is 22.7. The maximum atomic E-state index is 14.1. The minimum Gasteiger partial charge on any atom is -0.396 e. The van der Waals surface area contributed by atoms with Crippen LogP contribution in [0.5, 0.6) is 0 Å². The number of aliphatic hydroxyl groups is 1. The predicted octanol–water partition coefficient (Wildman–Crippen LogP) is 5.04. The van der Waals surface area contributed by atoms with Crippen LogP contribution in [-0.4, -0.2) is 46.3 Å². The van der Waals surface area contributed by atoms with Gasteiger partial charge >= 0.3 is 0 Å². The average molecular weight is 571 g/mol. The summed E-state index contributed by atoms with van der Waals surface area (Å²) in [5, 5.41) is 9.80. The first-order chi connectivity index (χ1) is 18.1. The number of hydrogen-bond acceptors (Lipinski definition) is 6. The summed E-state index contributed by atoms with van der Waals surface area (Å²) in [6, 6.07) is 16.2. The van der Waals surface area contributed by atoms with Gasteiger partial charge in [-0.2, -0.15) is 0 Å². The first-order valence-electron chi connectivity index (χ1n) is 11.9. The van der Waals surface area contributed by atoms with Crippen LogP contribution in [0.3, 0.4) is 0 Å². The van der Waals surface area contributed by atoms with Gasteiger partial charge < -0.3 is 5.11 Å². The standard InChI is InChI=1S/C27H24Cl2N4O4S/c1-27(15-18-5-7-19(8-6-18)20-4-2-9-30-16-20)25(35)32(23-13-21(28)12-22(29)14-23)26-31-17-24(33(26)27)38(36,37)11-3-10-34/h2,4-9,12-14,16-17,34H,3,10-11,15H2,1H3. The molecule has 1 aliphatic heterocycles. The number of benzene rings is 2. The molecule has 4 aromatic rings. The van der Waals surface area contributed by atoms with Gasteiger partial charge in [0.2, 0.25) is 5.95 Å². The van der Waals surface area contributed by atoms with Crippen molar-refractivity contribution in [1.82, 2.24) is 14.5 Å². The Bertz CT molecular complexity index is 1590. The summed E-state index contributed by atoms with van der Waals surface area (Å²) in [6.07, 6.45) is 5.01. The Labute approximate surface area is 230 Å². The molecule has 5 rings (SSSR count). The summed E-state index contributed by atoms with van der Waals surface area (Å²) in [6.45, 7) is 1.43. The molecule has 1 unspecified atom stereocenters. The number of imidazole rings is 1. The molecule has 8 nitrogen and oxygen atoms in total. The van der Waals surface area contributed by atoms with Gasteiger partial charge in [-0.05, 0) is 54.3 Å². The van der Waals surface area contributed by atoms with Crippen LogP contribution in [0.2, 0.25) is 10.0 Å². The highest BCUT2D eigenvalue weighted by molar-refractivity contribution is 7.91. The molecule has 1 atom stereocenters. The summed E-state index contributed by atoms with van der Waals surface area (Å²) in [4.78, 5) is 24.0. The molecule has 1 N–H and O–H groups in total. The number of amides is 1. The predicted molar refractivity (Wildman–Crippen MR) is 147 cm³/mol. The maximum Gasteiger partial charge on any atom is 0.260 e. The second kappa shape index (κ2) is 10.1. The number of fused-ring (bicyclic) bond motifs is 1. The minimum absolute atomic E-state index is 0.0664. The van der Waals surface area contributed by atoms with E-state index in [2.05, 4.69) is 9.97 Å². The summed E-state index contributed by atoms with van der Waals surface area (Å²) in [5.41, 5.74) is 1.82. The normalized spacial score (nSPS) is 17.2. The van der Waals surface area contributed by atoms with Gasteiger partial charge in [-0.15, -0.1) is 0 Å². The molecule has 196 valence electrons. The fourth-order valence-electron chi connectivity index (χ4n) is 4.76. The smallest absolute Gasteiger partial charge is 0.260 e. The van der Waals surface area contributed by atoms with E-state index in [9.17, 15) is 18.3 Å². The van der Waals surface area contributed by atoms with Crippen molar-refractivity contribution in [2.75, 3.05) is 17.3 Å². The first kappa shape index (κ1) is 26.4. The molecule has 38 heavy (non-hydrogen) atoms. The van der Waals surface area contributed by atoms with Crippen molar-refractivity contribution in [3.63, 3.8) is 0 Å². The lowest BCUT2D eigenvalue weighted by atomic mass is 9.91. The van der Waals surface area contributed by atoms with Crippen molar-refractivity contribution in [2.24, 2.45) is 0 Å². The van der Waals surface area contributed by atoms with Crippen LogP contribution >= 0.6 is 23.2 Å². The number of aliphatic hydroxyl groups excluding tert-OH is 1. The van der Waals surface area contributed by atoms with Crippen molar-refractivity contribution < 1.29 is 18.3 Å². The quantitative estimate of drug-likeness (QED) is 0.318. The molecule has 11 heteroatoms. The van der Waals surface area contributed by atoms with E-state index >= 15 is 0 Å². The molecule has 0 spiro atoms. The molecular formula is C27H24Cl2N4O4S. The molecule has 1 aliphatic rings. The summed E-state index contributed by atoms with van der Waals surface area (Å²) in [7, 11) is -3.85. The number of nitrogens with zero attached hydrogens (tertiary/aromatic N) is 4. The number of aromatic nitrogens is 3. The van der Waals surface area contributed by atoms with Gasteiger partial charge in [0, 0.05) is 35.5 Å². The largest absolute Gasteiger partial charge is 0.396 e. The van der Waals surface area contributed by atoms with E-state index in [0.717, 1.165) is 16.7 Å². The number of anilines is 2. The van der Waals surface area contributed by atoms with Crippen molar-refractivity contribution in [3.05, 3.63) is 88.8 Å². The third-order valence-corrected chi connectivity index (χ3v) is 8.75. The second-order valence-corrected chi connectivity index (χ2v) is 12.2. The SMILES string of the molecule is CC1(Cc2ccc(-c3cccnc3)cc2)C(=O)N(c2cc(Cl)cc(Cl)c2)c2ncc(S(=O)(=O)CCCO)n21. The minimum atomic E-state index is -3.85. The van der Waals surface area contributed by atoms with Crippen LogP contribution in [-0.2, 0) is 26.6 Å². The lowest BCUT2D eigenvalue weighted by Gasteiger charge is -2.26. The highest BCUT2D eigenvalue weighted by Crippen LogP contribution is 2.44. The van der Waals surface area contributed by atoms with Gasteiger partial charge in [-0.25, -0.2) is 18.3 Å². The van der Waals surface area contributed by atoms with E-state index in [4.69, 9.17) is 23.2 Å². The Morgan fingerprint density at radius 1 is 1.00 bits per heavy atom. The molecule has 2 aromatic heterocycles. The molecule has 0 radical (unpaired) electrons. The molecule has 2 aromatic carbocycles. The van der Waals surface area contributed by atoms with Gasteiger partial charge in [-0.3, -0.25) is 14.3 Å². The molecule has 0 saturated carbocycles. The van der Waals surface area contributed by atoms with Gasteiger partial charge in [0.25, 0.3) is 5.91 Å². The fourth-order valence-corrected chi connectivity index (χ4v) is 6.76. The van der Waals surface area contributed by atoms with E-state index in [1.165, 1.54) is 15.7 Å². The van der Waals surface area contributed by atoms with Gasteiger partial charge in [0.05, 0.1) is 17.6 Å². The van der Waals surface area contributed by atoms with Crippen LogP contribution < -0.4 is 4.90 Å². The molecule has 0 bridgehead atoms. The third-order valence-electron chi connectivity index (χ3n) is 6.56. The van der Waals surface area contributed by atoms with Crippen LogP contribution in [0.1, 0.15) is 18.9 Å².